The molecule has 3 aromatic rings. The zero-order valence-electron chi connectivity index (χ0n) is 14.9. The number of aromatic nitrogens is 4. The largest absolute Gasteiger partial charge is 0.436 e. The highest BCUT2D eigenvalue weighted by atomic mass is 35.5. The van der Waals surface area contributed by atoms with Crippen LogP contribution in [-0.4, -0.2) is 25.1 Å². The van der Waals surface area contributed by atoms with Crippen LogP contribution in [0.1, 0.15) is 22.8 Å². The Morgan fingerprint density at radius 1 is 1.14 bits per heavy atom. The number of hydrogen-bond donors (Lipinski definition) is 0. The number of ketones is 1. The first-order chi connectivity index (χ1) is 13.1. The molecule has 2 heterocycles. The average molecular weight is 415 g/mol. The van der Waals surface area contributed by atoms with Crippen molar-refractivity contribution in [3.05, 3.63) is 64.2 Å². The lowest BCUT2D eigenvalue weighted by atomic mass is 10.2. The number of carbonyl (C=O) groups is 1. The molecule has 0 saturated carbocycles. The van der Waals surface area contributed by atoms with Gasteiger partial charge < -0.3 is 4.57 Å². The normalized spacial score (nSPS) is 11.8. The maximum absolute atomic E-state index is 13.1. The van der Waals surface area contributed by atoms with E-state index in [0.29, 0.717) is 17.1 Å². The van der Waals surface area contributed by atoms with Crippen LogP contribution >= 0.6 is 11.6 Å². The number of rotatable bonds is 5. The fourth-order valence-electron chi connectivity index (χ4n) is 2.75. The Morgan fingerprint density at radius 3 is 2.36 bits per heavy atom. The van der Waals surface area contributed by atoms with Crippen LogP contribution in [0.15, 0.2) is 30.6 Å². The highest BCUT2D eigenvalue weighted by Gasteiger charge is 2.38. The van der Waals surface area contributed by atoms with Crippen molar-refractivity contribution in [1.29, 1.82) is 0 Å². The van der Waals surface area contributed by atoms with Gasteiger partial charge in [-0.25, -0.2) is 9.37 Å². The van der Waals surface area contributed by atoms with Gasteiger partial charge in [-0.2, -0.15) is 18.3 Å². The zero-order valence-corrected chi connectivity index (χ0v) is 15.6. The van der Waals surface area contributed by atoms with Gasteiger partial charge in [0.25, 0.3) is 0 Å². The van der Waals surface area contributed by atoms with Crippen molar-refractivity contribution in [3.8, 4) is 5.69 Å². The third kappa shape index (κ3) is 3.94. The van der Waals surface area contributed by atoms with Gasteiger partial charge in [-0.05, 0) is 38.1 Å². The lowest BCUT2D eigenvalue weighted by Gasteiger charge is -2.06. The molecule has 0 amide bonds. The zero-order chi connectivity index (χ0) is 20.6. The van der Waals surface area contributed by atoms with Crippen LogP contribution in [0.25, 0.3) is 5.69 Å². The molecule has 148 valence electrons. The third-order valence-electron chi connectivity index (χ3n) is 4.31. The predicted octanol–water partition coefficient (Wildman–Crippen LogP) is 4.31. The molecule has 0 radical (unpaired) electrons. The van der Waals surface area contributed by atoms with Gasteiger partial charge in [0.1, 0.15) is 12.4 Å². The molecule has 1 aromatic carbocycles. The number of halogens is 5. The van der Waals surface area contributed by atoms with Gasteiger partial charge in [0.2, 0.25) is 0 Å². The molecule has 10 heteroatoms. The summed E-state index contributed by atoms with van der Waals surface area (Å²) in [5, 5.41) is 2.91. The van der Waals surface area contributed by atoms with E-state index in [1.54, 1.807) is 23.6 Å². The minimum atomic E-state index is -4.69. The van der Waals surface area contributed by atoms with Crippen LogP contribution in [0.5, 0.6) is 0 Å². The van der Waals surface area contributed by atoms with E-state index in [0.717, 1.165) is 4.68 Å². The smallest absolute Gasteiger partial charge is 0.303 e. The molecular weight excluding hydrogens is 400 g/mol. The number of nitrogens with zero attached hydrogens (tertiary/aromatic N) is 4. The Labute approximate surface area is 162 Å². The fourth-order valence-corrected chi connectivity index (χ4v) is 2.99. The van der Waals surface area contributed by atoms with E-state index in [1.807, 2.05) is 0 Å². The van der Waals surface area contributed by atoms with Crippen molar-refractivity contribution in [3.63, 3.8) is 0 Å². The predicted molar refractivity (Wildman–Crippen MR) is 93.9 cm³/mol. The Kier molecular flexibility index (Phi) is 5.29. The second-order valence-electron chi connectivity index (χ2n) is 6.24. The monoisotopic (exact) mass is 414 g/mol. The van der Waals surface area contributed by atoms with Gasteiger partial charge in [-0.1, -0.05) is 11.6 Å². The Balaban J connectivity index is 1.77. The van der Waals surface area contributed by atoms with Crippen LogP contribution in [0.3, 0.4) is 0 Å². The summed E-state index contributed by atoms with van der Waals surface area (Å²) in [6.07, 6.45) is -3.28. The van der Waals surface area contributed by atoms with Crippen LogP contribution in [0.2, 0.25) is 5.02 Å². The maximum Gasteiger partial charge on any atom is 0.436 e. The van der Waals surface area contributed by atoms with Gasteiger partial charge in [-0.3, -0.25) is 9.48 Å². The Hall–Kier alpha value is -2.68. The first kappa shape index (κ1) is 20.1. The molecule has 0 aliphatic carbocycles. The minimum absolute atomic E-state index is 0.0657. The molecule has 0 atom stereocenters. The van der Waals surface area contributed by atoms with E-state index in [4.69, 9.17) is 11.6 Å². The summed E-state index contributed by atoms with van der Waals surface area (Å²) in [6, 6.07) is 5.76. The van der Waals surface area contributed by atoms with Crippen molar-refractivity contribution >= 4 is 17.4 Å². The molecule has 0 saturated heterocycles. The van der Waals surface area contributed by atoms with Crippen molar-refractivity contribution < 1.29 is 22.4 Å². The topological polar surface area (TPSA) is 52.7 Å². The Morgan fingerprint density at radius 2 is 1.79 bits per heavy atom. The molecule has 0 bridgehead atoms. The maximum atomic E-state index is 13.1. The van der Waals surface area contributed by atoms with Crippen molar-refractivity contribution in [2.45, 2.75) is 33.0 Å². The molecule has 0 fully saturated rings. The molecule has 0 aliphatic heterocycles. The van der Waals surface area contributed by atoms with Crippen molar-refractivity contribution in [2.75, 3.05) is 0 Å². The number of imidazole rings is 1. The molecular formula is C18H15ClF4N4O. The van der Waals surface area contributed by atoms with E-state index >= 15 is 0 Å². The summed E-state index contributed by atoms with van der Waals surface area (Å²) in [5.41, 5.74) is 0.675. The lowest BCUT2D eigenvalue weighted by Crippen LogP contribution is -2.16. The molecule has 3 rings (SSSR count). The molecule has 0 spiro atoms. The summed E-state index contributed by atoms with van der Waals surface area (Å²) in [7, 11) is 0. The summed E-state index contributed by atoms with van der Waals surface area (Å²) in [4.78, 5) is 16.6. The molecule has 5 nitrogen and oxygen atoms in total. The van der Waals surface area contributed by atoms with Crippen LogP contribution in [0.4, 0.5) is 17.6 Å². The fraction of sp³-hybridized carbons (Fsp3) is 0.278. The van der Waals surface area contributed by atoms with Crippen LogP contribution in [-0.2, 0) is 23.9 Å². The highest BCUT2D eigenvalue weighted by molar-refractivity contribution is 6.32. The molecule has 0 N–H and O–H groups in total. The standard InChI is InChI=1S/C18H15ClF4N4O/c1-10-15(24-9-26(10)13-5-3-12(20)4-6-13)7-14(28)8-27-11(2)16(19)17(25-27)18(21,22)23/h3-6,9H,7-8H2,1-2H3. The SMILES string of the molecule is Cc1c(CC(=O)Cn2nc(C(F)(F)F)c(Cl)c2C)ncn1-c1ccc(F)cc1. The third-order valence-corrected chi connectivity index (χ3v) is 4.76. The molecule has 28 heavy (non-hydrogen) atoms. The first-order valence-corrected chi connectivity index (χ1v) is 8.56. The number of benzene rings is 1. The number of hydrogen-bond acceptors (Lipinski definition) is 3. The summed E-state index contributed by atoms with van der Waals surface area (Å²) in [5.74, 6) is -0.744. The Bertz CT molecular complexity index is 1020. The summed E-state index contributed by atoms with van der Waals surface area (Å²) < 4.78 is 54.4. The highest BCUT2D eigenvalue weighted by Crippen LogP contribution is 2.35. The number of alkyl halides is 3. The average Bonchev–Trinajstić information content (AvgIpc) is 3.10. The summed E-state index contributed by atoms with van der Waals surface area (Å²) in [6.45, 7) is 2.76. The minimum Gasteiger partial charge on any atom is -0.303 e. The van der Waals surface area contributed by atoms with Gasteiger partial charge in [0.05, 0.1) is 29.2 Å². The summed E-state index contributed by atoms with van der Waals surface area (Å²) >= 11 is 5.69. The second-order valence-corrected chi connectivity index (χ2v) is 6.62. The van der Waals surface area contributed by atoms with Gasteiger partial charge in [-0.15, -0.1) is 0 Å². The van der Waals surface area contributed by atoms with E-state index in [9.17, 15) is 22.4 Å². The van der Waals surface area contributed by atoms with Crippen LogP contribution in [0, 0.1) is 19.7 Å². The van der Waals surface area contributed by atoms with Gasteiger partial charge >= 0.3 is 6.18 Å². The van der Waals surface area contributed by atoms with Crippen molar-refractivity contribution in [2.24, 2.45) is 0 Å². The van der Waals surface area contributed by atoms with E-state index in [1.165, 1.54) is 25.4 Å². The molecule has 0 aliphatic rings. The molecule has 0 unspecified atom stereocenters. The van der Waals surface area contributed by atoms with E-state index < -0.39 is 16.9 Å². The number of carbonyl (C=O) groups excluding carboxylic acids is 1. The van der Waals surface area contributed by atoms with E-state index in [-0.39, 0.29) is 30.3 Å². The van der Waals surface area contributed by atoms with Gasteiger partial charge in [0, 0.05) is 11.4 Å². The first-order valence-electron chi connectivity index (χ1n) is 8.18. The second kappa shape index (κ2) is 7.38. The lowest BCUT2D eigenvalue weighted by molar-refractivity contribution is -0.141. The van der Waals surface area contributed by atoms with Gasteiger partial charge in [0.15, 0.2) is 11.5 Å². The van der Waals surface area contributed by atoms with E-state index in [2.05, 4.69) is 10.1 Å². The quantitative estimate of drug-likeness (QED) is 0.585. The van der Waals surface area contributed by atoms with Crippen LogP contribution < -0.4 is 0 Å². The van der Waals surface area contributed by atoms with Crippen molar-refractivity contribution in [1.82, 2.24) is 19.3 Å². The molecule has 2 aromatic heterocycles. The number of Topliss-reactive ketones (excluding diaryl/α,β-unsaturated/α-hetero) is 1.